The molecule has 0 fully saturated rings. The molecule has 0 saturated carbocycles. The van der Waals surface area contributed by atoms with Gasteiger partial charge in [0.05, 0.1) is 0 Å². The molecule has 0 bridgehead atoms. The summed E-state index contributed by atoms with van der Waals surface area (Å²) in [5.74, 6) is 0.985. The molecule has 7 nitrogen and oxygen atoms in total. The van der Waals surface area contributed by atoms with Crippen molar-refractivity contribution in [3.8, 4) is 11.5 Å². The van der Waals surface area contributed by atoms with Crippen molar-refractivity contribution >= 4 is 5.91 Å². The summed E-state index contributed by atoms with van der Waals surface area (Å²) in [6.45, 7) is 1.32. The van der Waals surface area contributed by atoms with Crippen LogP contribution in [0.15, 0.2) is 53.4 Å². The number of pyridine rings is 1. The molecule has 0 aromatic carbocycles. The molecule has 124 valence electrons. The average molecular weight is 325 g/mol. The maximum Gasteiger partial charge on any atom is 0.228 e. The summed E-state index contributed by atoms with van der Waals surface area (Å²) in [5.41, 5.74) is 0.668. The maximum atomic E-state index is 11.8. The van der Waals surface area contributed by atoms with Gasteiger partial charge in [0, 0.05) is 44.5 Å². The van der Waals surface area contributed by atoms with Gasteiger partial charge in [-0.1, -0.05) is 11.2 Å². The van der Waals surface area contributed by atoms with Gasteiger partial charge in [0.2, 0.25) is 17.6 Å². The Hall–Kier alpha value is -2.96. The van der Waals surface area contributed by atoms with Crippen molar-refractivity contribution in [3.63, 3.8) is 0 Å². The molecule has 3 aromatic rings. The van der Waals surface area contributed by atoms with Gasteiger partial charge in [0.1, 0.15) is 5.69 Å². The van der Waals surface area contributed by atoms with Crippen LogP contribution >= 0.6 is 0 Å². The highest BCUT2D eigenvalue weighted by atomic mass is 16.5. The molecule has 0 aliphatic rings. The molecule has 0 radical (unpaired) electrons. The van der Waals surface area contributed by atoms with E-state index in [9.17, 15) is 4.79 Å². The van der Waals surface area contributed by atoms with E-state index in [4.69, 9.17) is 4.52 Å². The molecule has 3 heterocycles. The highest BCUT2D eigenvalue weighted by molar-refractivity contribution is 5.75. The fraction of sp³-hybridized carbons (Fsp3) is 0.294. The first-order valence-electron chi connectivity index (χ1n) is 7.93. The summed E-state index contributed by atoms with van der Waals surface area (Å²) >= 11 is 0. The Kier molecular flexibility index (Phi) is 5.34. The third-order valence-corrected chi connectivity index (χ3v) is 3.51. The van der Waals surface area contributed by atoms with Crippen molar-refractivity contribution in [1.29, 1.82) is 0 Å². The van der Waals surface area contributed by atoms with Crippen LogP contribution in [0.1, 0.15) is 18.7 Å². The summed E-state index contributed by atoms with van der Waals surface area (Å²) < 4.78 is 7.24. The summed E-state index contributed by atoms with van der Waals surface area (Å²) in [6.07, 6.45) is 7.48. The lowest BCUT2D eigenvalue weighted by molar-refractivity contribution is -0.121. The normalized spacial score (nSPS) is 10.7. The van der Waals surface area contributed by atoms with Gasteiger partial charge in [-0.3, -0.25) is 9.78 Å². The fourth-order valence-electron chi connectivity index (χ4n) is 2.29. The Balaban J connectivity index is 1.37. The number of aromatic nitrogens is 4. The lowest BCUT2D eigenvalue weighted by Crippen LogP contribution is -2.25. The lowest BCUT2D eigenvalue weighted by Gasteiger charge is -2.04. The Morgan fingerprint density at radius 1 is 1.21 bits per heavy atom. The first-order valence-corrected chi connectivity index (χ1v) is 7.93. The number of hydrogen-bond donors (Lipinski definition) is 1. The van der Waals surface area contributed by atoms with Crippen LogP contribution in [0.3, 0.4) is 0 Å². The van der Waals surface area contributed by atoms with E-state index >= 15 is 0 Å². The number of hydrogen-bond acceptors (Lipinski definition) is 5. The molecule has 0 spiro atoms. The van der Waals surface area contributed by atoms with Gasteiger partial charge in [-0.2, -0.15) is 4.98 Å². The van der Waals surface area contributed by atoms with E-state index in [1.165, 1.54) is 0 Å². The maximum absolute atomic E-state index is 11.8. The molecule has 0 unspecified atom stereocenters. The number of carbonyl (C=O) groups excluding carboxylic acids is 1. The number of nitrogens with zero attached hydrogens (tertiary/aromatic N) is 4. The van der Waals surface area contributed by atoms with Crippen molar-refractivity contribution in [1.82, 2.24) is 25.0 Å². The summed E-state index contributed by atoms with van der Waals surface area (Å²) in [6, 6.07) is 9.47. The van der Waals surface area contributed by atoms with E-state index in [2.05, 4.69) is 25.0 Å². The first-order chi connectivity index (χ1) is 11.8. The minimum absolute atomic E-state index is 0.0339. The van der Waals surface area contributed by atoms with E-state index in [1.54, 1.807) is 6.20 Å². The minimum atomic E-state index is 0.0339. The Labute approximate surface area is 139 Å². The smallest absolute Gasteiger partial charge is 0.228 e. The average Bonchev–Trinajstić information content (AvgIpc) is 3.28. The zero-order valence-electron chi connectivity index (χ0n) is 13.3. The fourth-order valence-corrected chi connectivity index (χ4v) is 2.29. The van der Waals surface area contributed by atoms with Crippen molar-refractivity contribution < 1.29 is 9.32 Å². The molecular weight excluding hydrogens is 306 g/mol. The minimum Gasteiger partial charge on any atom is -0.356 e. The molecule has 24 heavy (non-hydrogen) atoms. The van der Waals surface area contributed by atoms with Gasteiger partial charge in [-0.15, -0.1) is 0 Å². The molecule has 0 saturated heterocycles. The van der Waals surface area contributed by atoms with Crippen LogP contribution in [0, 0.1) is 0 Å². The number of nitrogens with one attached hydrogen (secondary N) is 1. The van der Waals surface area contributed by atoms with Crippen LogP contribution in [-0.4, -0.2) is 32.1 Å². The monoisotopic (exact) mass is 325 g/mol. The number of aryl methyl sites for hydroxylation is 1. The second kappa shape index (κ2) is 8.05. The van der Waals surface area contributed by atoms with Gasteiger partial charge < -0.3 is 14.4 Å². The predicted octanol–water partition coefficient (Wildman–Crippen LogP) is 2.07. The third-order valence-electron chi connectivity index (χ3n) is 3.51. The lowest BCUT2D eigenvalue weighted by atomic mass is 10.3. The second-order valence-corrected chi connectivity index (χ2v) is 5.35. The molecule has 3 aromatic heterocycles. The van der Waals surface area contributed by atoms with Crippen molar-refractivity contribution in [2.45, 2.75) is 25.8 Å². The van der Waals surface area contributed by atoms with Gasteiger partial charge in [0.15, 0.2) is 0 Å². The van der Waals surface area contributed by atoms with Crippen molar-refractivity contribution in [2.75, 3.05) is 6.54 Å². The van der Waals surface area contributed by atoms with Crippen LogP contribution in [0.5, 0.6) is 0 Å². The van der Waals surface area contributed by atoms with Gasteiger partial charge in [-0.05, 0) is 30.7 Å². The Morgan fingerprint density at radius 2 is 2.08 bits per heavy atom. The first kappa shape index (κ1) is 15.9. The van der Waals surface area contributed by atoms with E-state index in [-0.39, 0.29) is 5.91 Å². The van der Waals surface area contributed by atoms with E-state index in [0.717, 1.165) is 13.0 Å². The summed E-state index contributed by atoms with van der Waals surface area (Å²) in [5, 5.41) is 6.77. The van der Waals surface area contributed by atoms with Crippen LogP contribution in [0.4, 0.5) is 0 Å². The van der Waals surface area contributed by atoms with Crippen LogP contribution in [0.25, 0.3) is 11.5 Å². The topological polar surface area (TPSA) is 85.8 Å². The zero-order valence-corrected chi connectivity index (χ0v) is 13.3. The number of carbonyl (C=O) groups is 1. The zero-order chi connectivity index (χ0) is 16.6. The van der Waals surface area contributed by atoms with Gasteiger partial charge >= 0.3 is 0 Å². The molecule has 3 rings (SSSR count). The predicted molar refractivity (Wildman–Crippen MR) is 87.9 cm³/mol. The highest BCUT2D eigenvalue weighted by Gasteiger charge is 2.09. The second-order valence-electron chi connectivity index (χ2n) is 5.35. The van der Waals surface area contributed by atoms with E-state index in [0.29, 0.717) is 36.8 Å². The van der Waals surface area contributed by atoms with Crippen LogP contribution in [0.2, 0.25) is 0 Å². The standard InChI is InChI=1S/C17H19N5O2/c23-15(7-5-13-22-11-3-4-12-22)19-10-8-16-20-17(21-24-16)14-6-1-2-9-18-14/h1-4,6,9,11-12H,5,7-8,10,13H2,(H,19,23). The largest absolute Gasteiger partial charge is 0.356 e. The molecule has 0 aliphatic carbocycles. The SMILES string of the molecule is O=C(CCCn1cccc1)NCCc1nc(-c2ccccn2)no1. The summed E-state index contributed by atoms with van der Waals surface area (Å²) in [4.78, 5) is 20.2. The molecule has 1 amide bonds. The summed E-state index contributed by atoms with van der Waals surface area (Å²) in [7, 11) is 0. The van der Waals surface area contributed by atoms with Crippen molar-refractivity contribution in [3.05, 3.63) is 54.8 Å². The van der Waals surface area contributed by atoms with Crippen LogP contribution in [-0.2, 0) is 17.8 Å². The van der Waals surface area contributed by atoms with E-state index < -0.39 is 0 Å². The quantitative estimate of drug-likeness (QED) is 0.685. The number of rotatable bonds is 8. The molecular formula is C17H19N5O2. The molecule has 7 heteroatoms. The number of amides is 1. The molecule has 0 aliphatic heterocycles. The Morgan fingerprint density at radius 3 is 2.88 bits per heavy atom. The molecule has 1 N–H and O–H groups in total. The highest BCUT2D eigenvalue weighted by Crippen LogP contribution is 2.11. The van der Waals surface area contributed by atoms with Crippen molar-refractivity contribution in [2.24, 2.45) is 0 Å². The van der Waals surface area contributed by atoms with Gasteiger partial charge in [0.25, 0.3) is 0 Å². The van der Waals surface area contributed by atoms with Crippen LogP contribution < -0.4 is 5.32 Å². The van der Waals surface area contributed by atoms with Gasteiger partial charge in [-0.25, -0.2) is 0 Å². The third kappa shape index (κ3) is 4.52. The Bertz CT molecular complexity index is 752. The van der Waals surface area contributed by atoms with E-state index in [1.807, 2.05) is 42.7 Å². The molecule has 0 atom stereocenters.